The Labute approximate surface area is 182 Å². The smallest absolute Gasteiger partial charge is 0.470 e. The van der Waals surface area contributed by atoms with Gasteiger partial charge in [-0.1, -0.05) is 12.8 Å². The zero-order valence-corrected chi connectivity index (χ0v) is 17.4. The number of rotatable bonds is 4. The molecule has 2 aromatic heterocycles. The van der Waals surface area contributed by atoms with Crippen molar-refractivity contribution in [3.63, 3.8) is 0 Å². The number of aromatic nitrogens is 4. The van der Waals surface area contributed by atoms with Crippen LogP contribution in [0.15, 0.2) is 34.7 Å². The van der Waals surface area contributed by atoms with Crippen molar-refractivity contribution < 1.29 is 22.7 Å². The maximum absolute atomic E-state index is 12.7. The van der Waals surface area contributed by atoms with Crippen LogP contribution in [0.3, 0.4) is 0 Å². The molecule has 2 aliphatic rings. The van der Waals surface area contributed by atoms with E-state index in [1.807, 2.05) is 13.1 Å². The standard InChI is InChI=1S/C22H22F3N5O2/c1-30(15-9-12-2-3-13(8-12)10-15)19-7-6-17(26-27-19)16-5-4-14(11-18(16)31)20-28-29-21(32-20)22(23,24)25/h4-7,11-13,15,31H,2-3,8-10H2,1H3/t12-,13+,15+. The van der Waals surface area contributed by atoms with Crippen molar-refractivity contribution in [1.29, 1.82) is 0 Å². The van der Waals surface area contributed by atoms with Gasteiger partial charge in [0.1, 0.15) is 5.75 Å². The molecule has 0 radical (unpaired) electrons. The monoisotopic (exact) mass is 445 g/mol. The molecule has 2 bridgehead atoms. The van der Waals surface area contributed by atoms with E-state index in [9.17, 15) is 18.3 Å². The summed E-state index contributed by atoms with van der Waals surface area (Å²) in [4.78, 5) is 2.19. The molecular weight excluding hydrogens is 423 g/mol. The van der Waals surface area contributed by atoms with Crippen LogP contribution in [-0.2, 0) is 6.18 Å². The lowest BCUT2D eigenvalue weighted by molar-refractivity contribution is -0.156. The Balaban J connectivity index is 1.33. The first-order valence-electron chi connectivity index (χ1n) is 10.6. The molecule has 0 unspecified atom stereocenters. The second kappa shape index (κ2) is 7.75. The van der Waals surface area contributed by atoms with Crippen molar-refractivity contribution in [3.8, 4) is 28.5 Å². The molecule has 1 aromatic carbocycles. The molecule has 0 saturated heterocycles. The molecule has 168 valence electrons. The molecule has 5 rings (SSSR count). The van der Waals surface area contributed by atoms with Gasteiger partial charge in [-0.05, 0) is 61.4 Å². The molecule has 7 nitrogen and oxygen atoms in total. The van der Waals surface area contributed by atoms with E-state index in [-0.39, 0.29) is 17.2 Å². The number of fused-ring (bicyclic) bond motifs is 2. The zero-order valence-electron chi connectivity index (χ0n) is 17.4. The third kappa shape index (κ3) is 3.89. The van der Waals surface area contributed by atoms with Gasteiger partial charge < -0.3 is 14.4 Å². The van der Waals surface area contributed by atoms with Gasteiger partial charge in [0.05, 0.1) is 5.69 Å². The Morgan fingerprint density at radius 1 is 0.969 bits per heavy atom. The molecule has 0 aliphatic heterocycles. The third-order valence-corrected chi connectivity index (χ3v) is 6.61. The van der Waals surface area contributed by atoms with Gasteiger partial charge in [-0.3, -0.25) is 0 Å². The van der Waals surface area contributed by atoms with Crippen molar-refractivity contribution in [2.45, 2.75) is 44.3 Å². The van der Waals surface area contributed by atoms with Crippen molar-refractivity contribution in [3.05, 3.63) is 36.2 Å². The molecule has 2 aliphatic carbocycles. The van der Waals surface area contributed by atoms with E-state index in [0.29, 0.717) is 17.3 Å². The summed E-state index contributed by atoms with van der Waals surface area (Å²) in [6.07, 6.45) is 1.65. The maximum atomic E-state index is 12.7. The van der Waals surface area contributed by atoms with E-state index in [2.05, 4.69) is 29.7 Å². The summed E-state index contributed by atoms with van der Waals surface area (Å²) in [6, 6.07) is 8.41. The molecule has 3 atom stereocenters. The Kier molecular flexibility index (Phi) is 5.02. The fourth-order valence-electron chi connectivity index (χ4n) is 4.97. The molecule has 0 spiro atoms. The lowest BCUT2D eigenvalue weighted by atomic mass is 9.85. The van der Waals surface area contributed by atoms with E-state index in [1.165, 1.54) is 50.3 Å². The van der Waals surface area contributed by atoms with E-state index in [1.54, 1.807) is 6.07 Å². The van der Waals surface area contributed by atoms with Gasteiger partial charge in [-0.15, -0.1) is 20.4 Å². The third-order valence-electron chi connectivity index (χ3n) is 6.61. The van der Waals surface area contributed by atoms with Gasteiger partial charge in [0.2, 0.25) is 5.89 Å². The highest BCUT2D eigenvalue weighted by molar-refractivity contribution is 5.71. The number of alkyl halides is 3. The molecule has 3 aromatic rings. The van der Waals surface area contributed by atoms with Crippen molar-refractivity contribution in [1.82, 2.24) is 20.4 Å². The van der Waals surface area contributed by atoms with Crippen molar-refractivity contribution >= 4 is 5.82 Å². The Morgan fingerprint density at radius 3 is 2.31 bits per heavy atom. The minimum atomic E-state index is -4.73. The van der Waals surface area contributed by atoms with E-state index in [4.69, 9.17) is 0 Å². The van der Waals surface area contributed by atoms with Crippen LogP contribution in [-0.4, -0.2) is 38.6 Å². The summed E-state index contributed by atoms with van der Waals surface area (Å²) >= 11 is 0. The Bertz CT molecular complexity index is 1100. The normalized spacial score (nSPS) is 22.8. The summed E-state index contributed by atoms with van der Waals surface area (Å²) in [6.45, 7) is 0. The van der Waals surface area contributed by atoms with Gasteiger partial charge >= 0.3 is 12.1 Å². The lowest BCUT2D eigenvalue weighted by Gasteiger charge is -2.35. The van der Waals surface area contributed by atoms with Gasteiger partial charge in [-0.2, -0.15) is 13.2 Å². The van der Waals surface area contributed by atoms with Crippen LogP contribution in [0.4, 0.5) is 19.0 Å². The van der Waals surface area contributed by atoms with Crippen LogP contribution < -0.4 is 4.90 Å². The second-order valence-corrected chi connectivity index (χ2v) is 8.70. The summed E-state index contributed by atoms with van der Waals surface area (Å²) in [7, 11) is 2.05. The summed E-state index contributed by atoms with van der Waals surface area (Å²) in [5.74, 6) is 0.469. The highest BCUT2D eigenvalue weighted by Gasteiger charge is 2.38. The quantitative estimate of drug-likeness (QED) is 0.609. The van der Waals surface area contributed by atoms with Crippen LogP contribution in [0.2, 0.25) is 0 Å². The van der Waals surface area contributed by atoms with Crippen LogP contribution in [0.5, 0.6) is 5.75 Å². The van der Waals surface area contributed by atoms with Crippen LogP contribution in [0.25, 0.3) is 22.7 Å². The van der Waals surface area contributed by atoms with Gasteiger partial charge in [0.15, 0.2) is 5.82 Å². The van der Waals surface area contributed by atoms with E-state index in [0.717, 1.165) is 17.7 Å². The predicted molar refractivity (Wildman–Crippen MR) is 110 cm³/mol. The number of hydrogen-bond donors (Lipinski definition) is 1. The van der Waals surface area contributed by atoms with Crippen LogP contribution in [0, 0.1) is 11.8 Å². The first kappa shape index (κ1) is 20.7. The lowest BCUT2D eigenvalue weighted by Crippen LogP contribution is -2.37. The number of aromatic hydroxyl groups is 1. The highest BCUT2D eigenvalue weighted by atomic mass is 19.4. The number of benzene rings is 1. The van der Waals surface area contributed by atoms with Crippen molar-refractivity contribution in [2.24, 2.45) is 11.8 Å². The minimum absolute atomic E-state index is 0.172. The second-order valence-electron chi connectivity index (χ2n) is 8.70. The number of anilines is 1. The SMILES string of the molecule is CN(c1ccc(-c2ccc(-c3nnc(C(F)(F)F)o3)cc2O)nn1)[C@H]1C[C@@H]2CC[C@@H](C2)C1. The maximum Gasteiger partial charge on any atom is 0.470 e. The molecule has 0 amide bonds. The summed E-state index contributed by atoms with van der Waals surface area (Å²) < 4.78 is 42.7. The summed E-state index contributed by atoms with van der Waals surface area (Å²) in [5.41, 5.74) is 1.03. The first-order chi connectivity index (χ1) is 15.3. The fourth-order valence-corrected chi connectivity index (χ4v) is 4.97. The minimum Gasteiger partial charge on any atom is -0.507 e. The average molecular weight is 445 g/mol. The number of hydrogen-bond acceptors (Lipinski definition) is 7. The van der Waals surface area contributed by atoms with E-state index >= 15 is 0 Å². The molecular formula is C22H22F3N5O2. The van der Waals surface area contributed by atoms with Gasteiger partial charge in [0, 0.05) is 24.2 Å². The number of halogens is 3. The van der Waals surface area contributed by atoms with Gasteiger partial charge in [-0.25, -0.2) is 0 Å². The molecule has 1 N–H and O–H groups in total. The topological polar surface area (TPSA) is 88.2 Å². The number of phenols is 1. The molecule has 2 fully saturated rings. The number of phenolic OH excluding ortho intramolecular Hbond substituents is 1. The first-order valence-corrected chi connectivity index (χ1v) is 10.6. The molecule has 10 heteroatoms. The van der Waals surface area contributed by atoms with Gasteiger partial charge in [0.25, 0.3) is 0 Å². The highest BCUT2D eigenvalue weighted by Crippen LogP contribution is 2.44. The van der Waals surface area contributed by atoms with E-state index < -0.39 is 12.1 Å². The predicted octanol–water partition coefficient (Wildman–Crippen LogP) is 4.93. The van der Waals surface area contributed by atoms with Crippen LogP contribution >= 0.6 is 0 Å². The molecule has 2 heterocycles. The average Bonchev–Trinajstić information content (AvgIpc) is 3.40. The van der Waals surface area contributed by atoms with Crippen molar-refractivity contribution in [2.75, 3.05) is 11.9 Å². The number of nitrogens with zero attached hydrogens (tertiary/aromatic N) is 5. The van der Waals surface area contributed by atoms with Crippen LogP contribution in [0.1, 0.15) is 38.0 Å². The molecule has 2 saturated carbocycles. The Hall–Kier alpha value is -3.17. The Morgan fingerprint density at radius 2 is 1.72 bits per heavy atom. The zero-order chi connectivity index (χ0) is 22.5. The largest absolute Gasteiger partial charge is 0.507 e. The molecule has 32 heavy (non-hydrogen) atoms. The fraction of sp³-hybridized carbons (Fsp3) is 0.455. The summed E-state index contributed by atoms with van der Waals surface area (Å²) in [5, 5.41) is 25.5.